The Kier molecular flexibility index (Phi) is 8.74. The summed E-state index contributed by atoms with van der Waals surface area (Å²) in [5.41, 5.74) is 10.3. The molecule has 154 valence electrons. The van der Waals surface area contributed by atoms with E-state index < -0.39 is 0 Å². The van der Waals surface area contributed by atoms with E-state index in [9.17, 15) is 5.11 Å². The molecular weight excluding hydrogens is 360 g/mol. The Morgan fingerprint density at radius 3 is 2.59 bits per heavy atom. The van der Waals surface area contributed by atoms with Crippen LogP contribution in [0.25, 0.3) is 17.5 Å². The molecule has 0 unspecified atom stereocenters. The number of aromatic nitrogens is 2. The fraction of sp³-hybridized carbons (Fsp3) is 0.208. The first kappa shape index (κ1) is 23.6. The second-order valence-electron chi connectivity index (χ2n) is 6.18. The zero-order valence-electron chi connectivity index (χ0n) is 16.9. The SMILES string of the molecule is C.C=C(Nc1cccc(N)c1)n1ccnc1/C=C(\C)c1ccc(O)c(C)c1.CC. The molecule has 3 rings (SSSR count). The van der Waals surface area contributed by atoms with Crippen molar-refractivity contribution >= 4 is 28.8 Å². The van der Waals surface area contributed by atoms with Crippen LogP contribution in [0.15, 0.2) is 61.4 Å². The van der Waals surface area contributed by atoms with Gasteiger partial charge in [0.1, 0.15) is 17.4 Å². The summed E-state index contributed by atoms with van der Waals surface area (Å²) in [6, 6.07) is 13.0. The smallest absolute Gasteiger partial charge is 0.138 e. The summed E-state index contributed by atoms with van der Waals surface area (Å²) in [4.78, 5) is 4.41. The van der Waals surface area contributed by atoms with Crippen LogP contribution in [0.2, 0.25) is 0 Å². The van der Waals surface area contributed by atoms with E-state index in [1.807, 2.05) is 80.9 Å². The highest BCUT2D eigenvalue weighted by Crippen LogP contribution is 2.24. The van der Waals surface area contributed by atoms with Crippen molar-refractivity contribution in [2.45, 2.75) is 35.1 Å². The Morgan fingerprint density at radius 2 is 1.93 bits per heavy atom. The number of hydrogen-bond donors (Lipinski definition) is 3. The lowest BCUT2D eigenvalue weighted by Gasteiger charge is -2.13. The van der Waals surface area contributed by atoms with E-state index in [4.69, 9.17) is 5.73 Å². The lowest BCUT2D eigenvalue weighted by Crippen LogP contribution is -2.07. The van der Waals surface area contributed by atoms with Gasteiger partial charge in [-0.15, -0.1) is 0 Å². The first-order valence-electron chi connectivity index (χ1n) is 9.27. The molecule has 0 atom stereocenters. The first-order valence-corrected chi connectivity index (χ1v) is 9.27. The Morgan fingerprint density at radius 1 is 1.21 bits per heavy atom. The number of nitrogen functional groups attached to an aromatic ring is 1. The number of hydrogen-bond acceptors (Lipinski definition) is 4. The van der Waals surface area contributed by atoms with E-state index in [2.05, 4.69) is 16.9 Å². The van der Waals surface area contributed by atoms with Gasteiger partial charge in [0.05, 0.1) is 0 Å². The number of benzene rings is 2. The Balaban J connectivity index is 0.00000136. The highest BCUT2D eigenvalue weighted by Gasteiger charge is 2.07. The lowest BCUT2D eigenvalue weighted by atomic mass is 10.0. The number of aryl methyl sites for hydroxylation is 1. The van der Waals surface area contributed by atoms with E-state index in [0.29, 0.717) is 17.3 Å². The molecule has 0 radical (unpaired) electrons. The third-order valence-electron chi connectivity index (χ3n) is 4.13. The molecule has 0 aliphatic carbocycles. The molecule has 1 heterocycles. The van der Waals surface area contributed by atoms with Crippen LogP contribution < -0.4 is 11.1 Å². The summed E-state index contributed by atoms with van der Waals surface area (Å²) >= 11 is 0. The van der Waals surface area contributed by atoms with Gasteiger partial charge in [-0.25, -0.2) is 4.98 Å². The number of nitrogens with two attached hydrogens (primary N) is 1. The van der Waals surface area contributed by atoms with Crippen LogP contribution in [-0.2, 0) is 0 Å². The highest BCUT2D eigenvalue weighted by molar-refractivity contribution is 5.80. The Hall–Kier alpha value is -3.47. The van der Waals surface area contributed by atoms with E-state index in [-0.39, 0.29) is 7.43 Å². The number of aromatic hydroxyl groups is 1. The van der Waals surface area contributed by atoms with Gasteiger partial charge >= 0.3 is 0 Å². The summed E-state index contributed by atoms with van der Waals surface area (Å²) in [5, 5.41) is 12.9. The molecule has 5 nitrogen and oxygen atoms in total. The van der Waals surface area contributed by atoms with Crippen molar-refractivity contribution < 1.29 is 5.11 Å². The number of nitrogens with zero attached hydrogens (tertiary/aromatic N) is 2. The van der Waals surface area contributed by atoms with Gasteiger partial charge in [-0.1, -0.05) is 40.0 Å². The van der Waals surface area contributed by atoms with Crippen LogP contribution in [0.4, 0.5) is 11.4 Å². The molecule has 4 N–H and O–H groups in total. The Bertz CT molecular complexity index is 986. The van der Waals surface area contributed by atoms with Crippen molar-refractivity contribution in [1.82, 2.24) is 9.55 Å². The molecule has 0 aliphatic rings. The highest BCUT2D eigenvalue weighted by atomic mass is 16.3. The quantitative estimate of drug-likeness (QED) is 0.449. The molecule has 2 aromatic carbocycles. The molecule has 0 fully saturated rings. The normalized spacial score (nSPS) is 10.4. The van der Waals surface area contributed by atoms with E-state index in [1.54, 1.807) is 12.3 Å². The lowest BCUT2D eigenvalue weighted by molar-refractivity contribution is 0.471. The molecular formula is C24H32N4O. The molecule has 0 saturated heterocycles. The van der Waals surface area contributed by atoms with Crippen LogP contribution in [0.5, 0.6) is 5.75 Å². The van der Waals surface area contributed by atoms with E-state index >= 15 is 0 Å². The van der Waals surface area contributed by atoms with Crippen molar-refractivity contribution in [3.05, 3.63) is 78.4 Å². The zero-order valence-corrected chi connectivity index (χ0v) is 16.9. The first-order chi connectivity index (χ1) is 13.4. The molecule has 3 aromatic rings. The van der Waals surface area contributed by atoms with Crippen LogP contribution in [0.1, 0.15) is 45.1 Å². The summed E-state index contributed by atoms with van der Waals surface area (Å²) in [7, 11) is 0. The third kappa shape index (κ3) is 6.01. The topological polar surface area (TPSA) is 76.1 Å². The van der Waals surface area contributed by atoms with Gasteiger partial charge in [-0.3, -0.25) is 4.57 Å². The number of phenols is 1. The second kappa shape index (κ2) is 10.8. The van der Waals surface area contributed by atoms with Gasteiger partial charge in [0.15, 0.2) is 0 Å². The number of nitrogens with one attached hydrogen (secondary N) is 1. The van der Waals surface area contributed by atoms with Gasteiger partial charge in [0.2, 0.25) is 0 Å². The molecule has 5 heteroatoms. The monoisotopic (exact) mass is 392 g/mol. The fourth-order valence-corrected chi connectivity index (χ4v) is 2.67. The van der Waals surface area contributed by atoms with Gasteiger partial charge < -0.3 is 16.2 Å². The molecule has 0 bridgehead atoms. The fourth-order valence-electron chi connectivity index (χ4n) is 2.67. The van der Waals surface area contributed by atoms with Crippen molar-refractivity contribution in [3.63, 3.8) is 0 Å². The maximum absolute atomic E-state index is 9.69. The predicted octanol–water partition coefficient (Wildman–Crippen LogP) is 6.24. The summed E-state index contributed by atoms with van der Waals surface area (Å²) in [6.07, 6.45) is 5.56. The average Bonchev–Trinajstić information content (AvgIpc) is 3.14. The van der Waals surface area contributed by atoms with E-state index in [1.165, 1.54) is 0 Å². The second-order valence-corrected chi connectivity index (χ2v) is 6.18. The minimum absolute atomic E-state index is 0. The van der Waals surface area contributed by atoms with Gasteiger partial charge in [0.25, 0.3) is 0 Å². The largest absolute Gasteiger partial charge is 0.508 e. The summed E-state index contributed by atoms with van der Waals surface area (Å²) in [5.74, 6) is 1.73. The van der Waals surface area contributed by atoms with Crippen LogP contribution in [-0.4, -0.2) is 14.7 Å². The molecule has 0 spiro atoms. The molecule has 29 heavy (non-hydrogen) atoms. The summed E-state index contributed by atoms with van der Waals surface area (Å²) < 4.78 is 1.87. The molecule has 1 aromatic heterocycles. The number of phenolic OH excluding ortho intramolecular Hbond substituents is 1. The minimum atomic E-state index is 0. The standard InChI is InChI=1S/C21H22N4O.C2H6.CH4/c1-14(17-7-8-20(26)15(2)11-17)12-21-23-9-10-25(21)16(3)24-19-6-4-5-18(22)13-19;1-2;/h4-13,24,26H,3,22H2,1-2H3;1-2H3;1H4/b14-12+;;. The van der Waals surface area contributed by atoms with Crippen LogP contribution in [0, 0.1) is 6.92 Å². The molecule has 0 saturated carbocycles. The number of rotatable bonds is 5. The predicted molar refractivity (Wildman–Crippen MR) is 127 cm³/mol. The zero-order chi connectivity index (χ0) is 20.7. The van der Waals surface area contributed by atoms with Gasteiger partial charge in [0, 0.05) is 23.8 Å². The maximum Gasteiger partial charge on any atom is 0.138 e. The summed E-state index contributed by atoms with van der Waals surface area (Å²) in [6.45, 7) is 12.0. The molecule has 0 amide bonds. The average molecular weight is 393 g/mol. The van der Waals surface area contributed by atoms with Gasteiger partial charge in [-0.2, -0.15) is 0 Å². The number of anilines is 2. The van der Waals surface area contributed by atoms with Crippen molar-refractivity contribution in [3.8, 4) is 5.75 Å². The van der Waals surface area contributed by atoms with Gasteiger partial charge in [-0.05, 0) is 67.0 Å². The van der Waals surface area contributed by atoms with E-state index in [0.717, 1.165) is 28.2 Å². The maximum atomic E-state index is 9.69. The Labute approximate surface area is 174 Å². The molecule has 0 aliphatic heterocycles. The third-order valence-corrected chi connectivity index (χ3v) is 4.13. The van der Waals surface area contributed by atoms with Crippen molar-refractivity contribution in [2.24, 2.45) is 0 Å². The van der Waals surface area contributed by atoms with Crippen LogP contribution >= 0.6 is 0 Å². The van der Waals surface area contributed by atoms with Crippen molar-refractivity contribution in [2.75, 3.05) is 11.1 Å². The van der Waals surface area contributed by atoms with Crippen LogP contribution in [0.3, 0.4) is 0 Å². The number of imidazole rings is 1. The van der Waals surface area contributed by atoms with Crippen molar-refractivity contribution in [1.29, 1.82) is 0 Å². The minimum Gasteiger partial charge on any atom is -0.508 e. The number of allylic oxidation sites excluding steroid dienone is 1.